The van der Waals surface area contributed by atoms with Crippen molar-refractivity contribution in [1.29, 1.82) is 0 Å². The van der Waals surface area contributed by atoms with E-state index in [-0.39, 0.29) is 11.9 Å². The number of carbonyl (C=O) groups is 1. The fourth-order valence-corrected chi connectivity index (χ4v) is 1.71. The molecule has 0 bridgehead atoms. The normalized spacial score (nSPS) is 11.7. The van der Waals surface area contributed by atoms with Gasteiger partial charge < -0.3 is 11.1 Å². The number of nitrogens with zero attached hydrogens (tertiary/aromatic N) is 1. The van der Waals surface area contributed by atoms with E-state index in [1.807, 2.05) is 6.92 Å². The van der Waals surface area contributed by atoms with Gasteiger partial charge in [0.25, 0.3) is 5.91 Å². The van der Waals surface area contributed by atoms with Crippen LogP contribution < -0.4 is 11.1 Å². The van der Waals surface area contributed by atoms with Gasteiger partial charge in [0.2, 0.25) is 0 Å². The first kappa shape index (κ1) is 16.2. The first-order chi connectivity index (χ1) is 9.52. The Kier molecular flexibility index (Phi) is 6.75. The lowest BCUT2D eigenvalue weighted by Crippen LogP contribution is -2.33. The molecule has 0 aliphatic carbocycles. The van der Waals surface area contributed by atoms with Crippen LogP contribution in [0, 0.1) is 17.8 Å². The van der Waals surface area contributed by atoms with E-state index in [9.17, 15) is 4.79 Å². The number of hydrogen-bond acceptors (Lipinski definition) is 3. The van der Waals surface area contributed by atoms with Crippen molar-refractivity contribution in [2.45, 2.75) is 39.7 Å². The van der Waals surface area contributed by atoms with Crippen molar-refractivity contribution in [3.63, 3.8) is 0 Å². The number of amides is 1. The lowest BCUT2D eigenvalue weighted by molar-refractivity contribution is 0.0932. The molecule has 0 spiro atoms. The molecule has 20 heavy (non-hydrogen) atoms. The van der Waals surface area contributed by atoms with E-state index in [2.05, 4.69) is 36.0 Å². The third kappa shape index (κ3) is 5.85. The van der Waals surface area contributed by atoms with Crippen LogP contribution in [-0.2, 0) is 0 Å². The smallest absolute Gasteiger partial charge is 0.270 e. The average molecular weight is 273 g/mol. The van der Waals surface area contributed by atoms with Crippen molar-refractivity contribution in [3.8, 4) is 11.8 Å². The first-order valence-electron chi connectivity index (χ1n) is 6.98. The summed E-state index contributed by atoms with van der Waals surface area (Å²) < 4.78 is 0. The van der Waals surface area contributed by atoms with Gasteiger partial charge in [0.1, 0.15) is 5.69 Å². The second kappa shape index (κ2) is 8.34. The Morgan fingerprint density at radius 1 is 1.35 bits per heavy atom. The zero-order chi connectivity index (χ0) is 15.0. The quantitative estimate of drug-likeness (QED) is 0.806. The van der Waals surface area contributed by atoms with Crippen LogP contribution in [0.4, 0.5) is 0 Å². The minimum Gasteiger partial charge on any atom is -0.348 e. The third-order valence-corrected chi connectivity index (χ3v) is 2.89. The summed E-state index contributed by atoms with van der Waals surface area (Å²) in [7, 11) is 0. The van der Waals surface area contributed by atoms with Crippen LogP contribution in [0.5, 0.6) is 0 Å². The highest BCUT2D eigenvalue weighted by atomic mass is 16.1. The molecule has 1 amide bonds. The monoisotopic (exact) mass is 273 g/mol. The SMILES string of the molecule is CC(C)CCC(C)NC(=O)c1ccc(C#CCN)cn1. The van der Waals surface area contributed by atoms with Gasteiger partial charge in [-0.2, -0.15) is 0 Å². The maximum atomic E-state index is 12.0. The molecule has 1 atom stereocenters. The lowest BCUT2D eigenvalue weighted by atomic mass is 10.0. The number of hydrogen-bond donors (Lipinski definition) is 2. The molecular weight excluding hydrogens is 250 g/mol. The van der Waals surface area contributed by atoms with Crippen molar-refractivity contribution in [2.24, 2.45) is 11.7 Å². The number of aromatic nitrogens is 1. The second-order valence-corrected chi connectivity index (χ2v) is 5.28. The van der Waals surface area contributed by atoms with Crippen LogP contribution in [0.15, 0.2) is 18.3 Å². The predicted octanol–water partition coefficient (Wildman–Crippen LogP) is 1.95. The molecule has 0 aliphatic rings. The number of pyridine rings is 1. The number of nitrogens with one attached hydrogen (secondary N) is 1. The van der Waals surface area contributed by atoms with Gasteiger partial charge in [-0.3, -0.25) is 4.79 Å². The van der Waals surface area contributed by atoms with Crippen molar-refractivity contribution < 1.29 is 4.79 Å². The molecular formula is C16H23N3O. The minimum absolute atomic E-state index is 0.139. The molecule has 1 heterocycles. The van der Waals surface area contributed by atoms with Crippen LogP contribution in [0.2, 0.25) is 0 Å². The van der Waals surface area contributed by atoms with Gasteiger partial charge in [0, 0.05) is 17.8 Å². The Labute approximate surface area is 121 Å². The fourth-order valence-electron chi connectivity index (χ4n) is 1.71. The Hall–Kier alpha value is -1.86. The fraction of sp³-hybridized carbons (Fsp3) is 0.500. The van der Waals surface area contributed by atoms with Crippen LogP contribution in [0.3, 0.4) is 0 Å². The van der Waals surface area contributed by atoms with Crippen molar-refractivity contribution >= 4 is 5.91 Å². The molecule has 0 fully saturated rings. The minimum atomic E-state index is -0.139. The van der Waals surface area contributed by atoms with Crippen LogP contribution >= 0.6 is 0 Å². The molecule has 0 saturated heterocycles. The second-order valence-electron chi connectivity index (χ2n) is 5.28. The molecule has 1 aromatic heterocycles. The molecule has 0 aromatic carbocycles. The number of carbonyl (C=O) groups excluding carboxylic acids is 1. The highest BCUT2D eigenvalue weighted by Gasteiger charge is 2.11. The molecule has 4 heteroatoms. The zero-order valence-electron chi connectivity index (χ0n) is 12.4. The maximum absolute atomic E-state index is 12.0. The van der Waals surface area contributed by atoms with Gasteiger partial charge in [0.05, 0.1) is 6.54 Å². The van der Waals surface area contributed by atoms with Gasteiger partial charge >= 0.3 is 0 Å². The zero-order valence-corrected chi connectivity index (χ0v) is 12.4. The molecule has 0 aliphatic heterocycles. The topological polar surface area (TPSA) is 68.0 Å². The molecule has 1 rings (SSSR count). The van der Waals surface area contributed by atoms with Crippen molar-refractivity contribution in [3.05, 3.63) is 29.6 Å². The summed E-state index contributed by atoms with van der Waals surface area (Å²) in [5.74, 6) is 6.13. The van der Waals surface area contributed by atoms with E-state index in [1.165, 1.54) is 0 Å². The van der Waals surface area contributed by atoms with Crippen molar-refractivity contribution in [1.82, 2.24) is 10.3 Å². The van der Waals surface area contributed by atoms with Crippen LogP contribution in [0.1, 0.15) is 49.7 Å². The van der Waals surface area contributed by atoms with E-state index >= 15 is 0 Å². The summed E-state index contributed by atoms with van der Waals surface area (Å²) in [5.41, 5.74) is 6.48. The van der Waals surface area contributed by atoms with Crippen LogP contribution in [0.25, 0.3) is 0 Å². The Morgan fingerprint density at radius 2 is 2.10 bits per heavy atom. The summed E-state index contributed by atoms with van der Waals surface area (Å²) in [6.07, 6.45) is 3.67. The van der Waals surface area contributed by atoms with Gasteiger partial charge in [-0.15, -0.1) is 0 Å². The van der Waals surface area contributed by atoms with E-state index in [1.54, 1.807) is 18.3 Å². The molecule has 1 aromatic rings. The standard InChI is InChI=1S/C16H23N3O/c1-12(2)6-7-13(3)19-16(20)15-9-8-14(11-18-15)5-4-10-17/h8-9,11-13H,6-7,10,17H2,1-3H3,(H,19,20). The summed E-state index contributed by atoms with van der Waals surface area (Å²) >= 11 is 0. The summed E-state index contributed by atoms with van der Waals surface area (Å²) in [4.78, 5) is 16.1. The van der Waals surface area contributed by atoms with Gasteiger partial charge in [-0.25, -0.2) is 4.98 Å². The molecule has 4 nitrogen and oxygen atoms in total. The Bertz CT molecular complexity index is 483. The maximum Gasteiger partial charge on any atom is 0.270 e. The lowest BCUT2D eigenvalue weighted by Gasteiger charge is -2.14. The predicted molar refractivity (Wildman–Crippen MR) is 81.2 cm³/mol. The van der Waals surface area contributed by atoms with Crippen molar-refractivity contribution in [2.75, 3.05) is 6.54 Å². The largest absolute Gasteiger partial charge is 0.348 e. The summed E-state index contributed by atoms with van der Waals surface area (Å²) in [6.45, 7) is 6.69. The Balaban J connectivity index is 2.55. The Morgan fingerprint density at radius 3 is 2.65 bits per heavy atom. The molecule has 0 radical (unpaired) electrons. The van der Waals surface area contributed by atoms with E-state index < -0.39 is 0 Å². The molecule has 3 N–H and O–H groups in total. The van der Waals surface area contributed by atoms with Gasteiger partial charge in [0.15, 0.2) is 0 Å². The summed E-state index contributed by atoms with van der Waals surface area (Å²) in [6, 6.07) is 3.62. The van der Waals surface area contributed by atoms with E-state index in [0.29, 0.717) is 18.2 Å². The summed E-state index contributed by atoms with van der Waals surface area (Å²) in [5, 5.41) is 2.96. The molecule has 108 valence electrons. The van der Waals surface area contributed by atoms with E-state index in [0.717, 1.165) is 18.4 Å². The van der Waals surface area contributed by atoms with Gasteiger partial charge in [-0.1, -0.05) is 25.7 Å². The number of nitrogens with two attached hydrogens (primary N) is 1. The van der Waals surface area contributed by atoms with E-state index in [4.69, 9.17) is 5.73 Å². The van der Waals surface area contributed by atoms with Gasteiger partial charge in [-0.05, 0) is 37.8 Å². The molecule has 1 unspecified atom stereocenters. The highest BCUT2D eigenvalue weighted by Crippen LogP contribution is 2.07. The average Bonchev–Trinajstić information content (AvgIpc) is 2.43. The molecule has 0 saturated carbocycles. The highest BCUT2D eigenvalue weighted by molar-refractivity contribution is 5.92. The first-order valence-corrected chi connectivity index (χ1v) is 6.98. The van der Waals surface area contributed by atoms with Crippen LogP contribution in [-0.4, -0.2) is 23.5 Å². The third-order valence-electron chi connectivity index (χ3n) is 2.89. The number of rotatable bonds is 5.